The summed E-state index contributed by atoms with van der Waals surface area (Å²) in [7, 11) is 0. The minimum atomic E-state index is -0.659. The summed E-state index contributed by atoms with van der Waals surface area (Å²) in [4.78, 5) is 27.0. The molecule has 1 fully saturated rings. The van der Waals surface area contributed by atoms with E-state index in [-0.39, 0.29) is 23.5 Å². The Kier molecular flexibility index (Phi) is 6.56. The van der Waals surface area contributed by atoms with Crippen molar-refractivity contribution in [2.75, 3.05) is 37.8 Å². The third-order valence-corrected chi connectivity index (χ3v) is 7.38. The first kappa shape index (κ1) is 23.5. The molecule has 7 nitrogen and oxygen atoms in total. The van der Waals surface area contributed by atoms with E-state index < -0.39 is 5.41 Å². The largest absolute Gasteiger partial charge is 0.489 e. The maximum atomic E-state index is 14.2. The lowest BCUT2D eigenvalue weighted by Crippen LogP contribution is -2.53. The number of rotatable bonds is 7. The summed E-state index contributed by atoms with van der Waals surface area (Å²) in [5, 5.41) is 9.53. The van der Waals surface area contributed by atoms with E-state index in [1.165, 1.54) is 12.1 Å². The molecule has 5 rings (SSSR count). The number of halogens is 1. The molecule has 0 bridgehead atoms. The van der Waals surface area contributed by atoms with Crippen molar-refractivity contribution in [3.63, 3.8) is 0 Å². The third-order valence-electron chi connectivity index (χ3n) is 7.38. The molecule has 0 spiro atoms. The lowest BCUT2D eigenvalue weighted by Gasteiger charge is -2.41. The molecule has 2 aromatic rings. The van der Waals surface area contributed by atoms with Crippen LogP contribution in [0.15, 0.2) is 53.6 Å². The summed E-state index contributed by atoms with van der Waals surface area (Å²) in [5.41, 5.74) is 1.42. The summed E-state index contributed by atoms with van der Waals surface area (Å²) >= 11 is 0. The quantitative estimate of drug-likeness (QED) is 0.619. The Morgan fingerprint density at radius 1 is 1.20 bits per heavy atom. The van der Waals surface area contributed by atoms with Crippen LogP contribution in [0.2, 0.25) is 0 Å². The van der Waals surface area contributed by atoms with Gasteiger partial charge in [-0.15, -0.1) is 0 Å². The average molecular weight is 479 g/mol. The molecule has 2 aromatic carbocycles. The zero-order valence-corrected chi connectivity index (χ0v) is 20.0. The Morgan fingerprint density at radius 3 is 2.83 bits per heavy atom. The highest BCUT2D eigenvalue weighted by molar-refractivity contribution is 6.43. The molecule has 1 saturated heterocycles. The Labute approximate surface area is 204 Å². The number of ketones is 1. The second-order valence-corrected chi connectivity index (χ2v) is 9.52. The standard InChI is InChI=1S/C27H31FN4O3/c1-19(33)26-27(20-7-3-2-4-8-20,12-5-6-14-31-15-11-25(34)29-13-16-31)24-18-35-23-10-9-21(28)17-22(23)32(24)30-26/h2-4,7-10,17,24H,5-6,11-16,18H2,1H3,(H,29,34)/t24-,27+/m0/s1. The van der Waals surface area contributed by atoms with Crippen molar-refractivity contribution >= 4 is 23.1 Å². The van der Waals surface area contributed by atoms with Gasteiger partial charge in [0.2, 0.25) is 5.91 Å². The van der Waals surface area contributed by atoms with Gasteiger partial charge in [0, 0.05) is 39.0 Å². The number of fused-ring (bicyclic) bond motifs is 3. The number of benzene rings is 2. The summed E-state index contributed by atoms with van der Waals surface area (Å²) in [5.74, 6) is 0.230. The highest BCUT2D eigenvalue weighted by atomic mass is 19.1. The predicted molar refractivity (Wildman–Crippen MR) is 132 cm³/mol. The van der Waals surface area contributed by atoms with Gasteiger partial charge in [0.1, 0.15) is 35.6 Å². The number of hydrazone groups is 1. The van der Waals surface area contributed by atoms with E-state index in [0.29, 0.717) is 36.7 Å². The van der Waals surface area contributed by atoms with Gasteiger partial charge >= 0.3 is 0 Å². The van der Waals surface area contributed by atoms with Crippen molar-refractivity contribution in [3.8, 4) is 5.75 Å². The van der Waals surface area contributed by atoms with Crippen LogP contribution in [0.5, 0.6) is 5.75 Å². The van der Waals surface area contributed by atoms with Crippen molar-refractivity contribution < 1.29 is 18.7 Å². The number of hydrogen-bond donors (Lipinski definition) is 1. The highest BCUT2D eigenvalue weighted by Gasteiger charge is 2.55. The number of amides is 1. The van der Waals surface area contributed by atoms with Crippen LogP contribution in [0.1, 0.15) is 38.2 Å². The number of carbonyl (C=O) groups excluding carboxylic acids is 2. The van der Waals surface area contributed by atoms with Crippen LogP contribution < -0.4 is 15.1 Å². The van der Waals surface area contributed by atoms with E-state index in [9.17, 15) is 14.0 Å². The summed E-state index contributed by atoms with van der Waals surface area (Å²) in [6.45, 7) is 5.10. The Morgan fingerprint density at radius 2 is 2.03 bits per heavy atom. The van der Waals surface area contributed by atoms with Crippen LogP contribution in [-0.2, 0) is 15.0 Å². The van der Waals surface area contributed by atoms with Crippen LogP contribution in [0, 0.1) is 5.82 Å². The van der Waals surface area contributed by atoms with E-state index in [0.717, 1.165) is 44.5 Å². The van der Waals surface area contributed by atoms with Crippen LogP contribution in [-0.4, -0.2) is 61.1 Å². The van der Waals surface area contributed by atoms with Gasteiger partial charge in [0.25, 0.3) is 0 Å². The second-order valence-electron chi connectivity index (χ2n) is 9.52. The molecular weight excluding hydrogens is 447 g/mol. The summed E-state index contributed by atoms with van der Waals surface area (Å²) < 4.78 is 20.3. The van der Waals surface area contributed by atoms with Crippen LogP contribution in [0.3, 0.4) is 0 Å². The van der Waals surface area contributed by atoms with Gasteiger partial charge in [0.15, 0.2) is 5.78 Å². The molecule has 35 heavy (non-hydrogen) atoms. The number of hydrogen-bond acceptors (Lipinski definition) is 6. The van der Waals surface area contributed by atoms with E-state index >= 15 is 0 Å². The lowest BCUT2D eigenvalue weighted by atomic mass is 9.67. The van der Waals surface area contributed by atoms with Gasteiger partial charge in [-0.3, -0.25) is 14.6 Å². The molecule has 0 unspecified atom stereocenters. The fourth-order valence-electron chi connectivity index (χ4n) is 5.68. The van der Waals surface area contributed by atoms with Crippen molar-refractivity contribution in [2.24, 2.45) is 5.10 Å². The van der Waals surface area contributed by atoms with Crippen LogP contribution in [0.4, 0.5) is 10.1 Å². The van der Waals surface area contributed by atoms with Crippen LogP contribution in [0.25, 0.3) is 0 Å². The maximum absolute atomic E-state index is 14.2. The smallest absolute Gasteiger partial charge is 0.221 e. The lowest BCUT2D eigenvalue weighted by molar-refractivity contribution is -0.120. The van der Waals surface area contributed by atoms with Crippen molar-refractivity contribution in [1.29, 1.82) is 0 Å². The van der Waals surface area contributed by atoms with Gasteiger partial charge in [-0.05, 0) is 37.1 Å². The molecular formula is C27H31FN4O3. The molecule has 8 heteroatoms. The molecule has 1 amide bonds. The Bertz CT molecular complexity index is 1140. The number of ether oxygens (including phenoxy) is 1. The molecule has 1 N–H and O–H groups in total. The average Bonchev–Trinajstić information content (AvgIpc) is 3.07. The molecule has 3 heterocycles. The number of Topliss-reactive ketones (excluding diaryl/α,β-unsaturated/α-hetero) is 1. The number of anilines is 1. The maximum Gasteiger partial charge on any atom is 0.221 e. The van der Waals surface area contributed by atoms with Crippen molar-refractivity contribution in [2.45, 2.75) is 44.1 Å². The number of unbranched alkanes of at least 4 members (excludes halogenated alkanes) is 1. The van der Waals surface area contributed by atoms with Gasteiger partial charge < -0.3 is 15.0 Å². The SMILES string of the molecule is CC(=O)C1=NN2c3cc(F)ccc3OC[C@H]2[C@@]1(CCCCN1CCNC(=O)CC1)c1ccccc1. The van der Waals surface area contributed by atoms with E-state index in [1.807, 2.05) is 18.2 Å². The Hall–Kier alpha value is -3.26. The first-order valence-electron chi connectivity index (χ1n) is 12.4. The van der Waals surface area contributed by atoms with Gasteiger partial charge in [-0.1, -0.05) is 36.8 Å². The van der Waals surface area contributed by atoms with Gasteiger partial charge in [0.05, 0.1) is 5.41 Å². The molecule has 0 saturated carbocycles. The predicted octanol–water partition coefficient (Wildman–Crippen LogP) is 3.28. The van der Waals surface area contributed by atoms with Gasteiger partial charge in [-0.2, -0.15) is 5.10 Å². The highest BCUT2D eigenvalue weighted by Crippen LogP contribution is 2.48. The summed E-state index contributed by atoms with van der Waals surface area (Å²) in [6, 6.07) is 14.2. The monoisotopic (exact) mass is 478 g/mol. The number of nitrogens with one attached hydrogen (secondary N) is 1. The topological polar surface area (TPSA) is 74.2 Å². The second kappa shape index (κ2) is 9.77. The Balaban J connectivity index is 1.43. The van der Waals surface area contributed by atoms with Crippen molar-refractivity contribution in [3.05, 3.63) is 59.9 Å². The third kappa shape index (κ3) is 4.43. The van der Waals surface area contributed by atoms with E-state index in [1.54, 1.807) is 18.0 Å². The normalized spacial score (nSPS) is 24.1. The fraction of sp³-hybridized carbons (Fsp3) is 0.444. The first-order valence-corrected chi connectivity index (χ1v) is 12.4. The summed E-state index contributed by atoms with van der Waals surface area (Å²) in [6.07, 6.45) is 3.06. The molecule has 0 aromatic heterocycles. The number of carbonyl (C=O) groups is 2. The zero-order chi connectivity index (χ0) is 24.4. The molecule has 3 aliphatic rings. The molecule has 184 valence electrons. The van der Waals surface area contributed by atoms with Crippen molar-refractivity contribution in [1.82, 2.24) is 10.2 Å². The van der Waals surface area contributed by atoms with E-state index in [4.69, 9.17) is 9.84 Å². The first-order chi connectivity index (χ1) is 17.0. The van der Waals surface area contributed by atoms with E-state index in [2.05, 4.69) is 22.3 Å². The molecule has 2 atom stereocenters. The van der Waals surface area contributed by atoms with Gasteiger partial charge in [-0.25, -0.2) is 4.39 Å². The van der Waals surface area contributed by atoms with Crippen LogP contribution >= 0.6 is 0 Å². The minimum Gasteiger partial charge on any atom is -0.489 e. The number of nitrogens with zero attached hydrogens (tertiary/aromatic N) is 3. The molecule has 3 aliphatic heterocycles. The zero-order valence-electron chi connectivity index (χ0n) is 20.0. The minimum absolute atomic E-state index is 0.0849. The fourth-order valence-corrected chi connectivity index (χ4v) is 5.68. The molecule has 0 radical (unpaired) electrons. The molecule has 0 aliphatic carbocycles.